The SMILES string of the molecule is Cc1ccc(CN2CCN(C(=O)CNC(=O)CC34CC5CC6CC(C3)C654)CC2)cc1. The van der Waals surface area contributed by atoms with Crippen molar-refractivity contribution in [3.63, 3.8) is 0 Å². The van der Waals surface area contributed by atoms with Crippen LogP contribution in [0.3, 0.4) is 0 Å². The number of amides is 2. The average molecular weight is 408 g/mol. The van der Waals surface area contributed by atoms with Crippen LogP contribution in [0, 0.1) is 35.5 Å². The van der Waals surface area contributed by atoms with Gasteiger partial charge in [-0.15, -0.1) is 0 Å². The number of benzene rings is 1. The van der Waals surface area contributed by atoms with Crippen LogP contribution in [0.4, 0.5) is 0 Å². The van der Waals surface area contributed by atoms with Crippen molar-refractivity contribution in [1.29, 1.82) is 0 Å². The standard InChI is InChI=1S/C25H33N3O2/c1-17-2-4-18(5-3-17)16-27-6-8-28(9-7-27)23(30)15-26-22(29)14-24-12-20-10-19-11-21(13-24)25(19,20)24/h2-5,19-21H,6-16H2,1H3,(H,26,29). The third-order valence-electron chi connectivity index (χ3n) is 9.54. The maximum atomic E-state index is 12.6. The second kappa shape index (κ2) is 6.56. The van der Waals surface area contributed by atoms with E-state index in [9.17, 15) is 9.59 Å². The summed E-state index contributed by atoms with van der Waals surface area (Å²) in [6.07, 6.45) is 6.05. The number of hydrogen-bond acceptors (Lipinski definition) is 3. The van der Waals surface area contributed by atoms with E-state index in [1.165, 1.54) is 36.8 Å². The zero-order valence-corrected chi connectivity index (χ0v) is 18.0. The van der Waals surface area contributed by atoms with E-state index >= 15 is 0 Å². The van der Waals surface area contributed by atoms with E-state index in [-0.39, 0.29) is 18.4 Å². The van der Waals surface area contributed by atoms with Crippen LogP contribution in [0.5, 0.6) is 0 Å². The minimum Gasteiger partial charge on any atom is -0.347 e. The van der Waals surface area contributed by atoms with Gasteiger partial charge in [0.05, 0.1) is 6.54 Å². The Kier molecular flexibility index (Phi) is 4.12. The van der Waals surface area contributed by atoms with Gasteiger partial charge in [0.1, 0.15) is 0 Å². The van der Waals surface area contributed by atoms with Gasteiger partial charge in [-0.2, -0.15) is 0 Å². The van der Waals surface area contributed by atoms with Crippen LogP contribution in [-0.4, -0.2) is 54.3 Å². The van der Waals surface area contributed by atoms with Crippen molar-refractivity contribution in [1.82, 2.24) is 15.1 Å². The molecule has 1 N–H and O–H groups in total. The van der Waals surface area contributed by atoms with E-state index in [1.54, 1.807) is 0 Å². The van der Waals surface area contributed by atoms with Gasteiger partial charge in [0, 0.05) is 39.1 Å². The molecule has 5 aliphatic rings. The number of carbonyl (C=O) groups excluding carboxylic acids is 2. The second-order valence-electron chi connectivity index (χ2n) is 10.8. The number of aryl methyl sites for hydroxylation is 1. The largest absolute Gasteiger partial charge is 0.347 e. The molecule has 2 amide bonds. The molecule has 1 aromatic rings. The van der Waals surface area contributed by atoms with Crippen LogP contribution in [-0.2, 0) is 16.1 Å². The van der Waals surface area contributed by atoms with Crippen LogP contribution in [0.2, 0.25) is 0 Å². The van der Waals surface area contributed by atoms with Crippen molar-refractivity contribution in [3.05, 3.63) is 35.4 Å². The first kappa shape index (κ1) is 18.9. The van der Waals surface area contributed by atoms with Crippen LogP contribution in [0.25, 0.3) is 0 Å². The maximum absolute atomic E-state index is 12.6. The molecular weight excluding hydrogens is 374 g/mol. The smallest absolute Gasteiger partial charge is 0.242 e. The Morgan fingerprint density at radius 1 is 1.00 bits per heavy atom. The first-order valence-corrected chi connectivity index (χ1v) is 11.8. The summed E-state index contributed by atoms with van der Waals surface area (Å²) in [5.41, 5.74) is 3.51. The summed E-state index contributed by atoms with van der Waals surface area (Å²) in [5.74, 6) is 2.96. The summed E-state index contributed by atoms with van der Waals surface area (Å²) in [7, 11) is 0. The molecule has 4 saturated carbocycles. The fraction of sp³-hybridized carbons (Fsp3) is 0.680. The molecule has 0 aromatic heterocycles. The normalized spacial score (nSPS) is 38.2. The van der Waals surface area contributed by atoms with Gasteiger partial charge in [-0.1, -0.05) is 29.8 Å². The second-order valence-corrected chi connectivity index (χ2v) is 10.8. The van der Waals surface area contributed by atoms with Gasteiger partial charge in [-0.25, -0.2) is 0 Å². The van der Waals surface area contributed by atoms with Crippen molar-refractivity contribution >= 4 is 11.8 Å². The average Bonchev–Trinajstić information content (AvgIpc) is 2.69. The third-order valence-corrected chi connectivity index (χ3v) is 9.54. The van der Waals surface area contributed by atoms with Gasteiger partial charge >= 0.3 is 0 Å². The molecule has 1 spiro atoms. The first-order chi connectivity index (χ1) is 14.5. The van der Waals surface area contributed by atoms with Gasteiger partial charge < -0.3 is 10.2 Å². The van der Waals surface area contributed by atoms with E-state index < -0.39 is 0 Å². The summed E-state index contributed by atoms with van der Waals surface area (Å²) < 4.78 is 0. The highest BCUT2D eigenvalue weighted by molar-refractivity contribution is 5.85. The molecule has 2 atom stereocenters. The Morgan fingerprint density at radius 3 is 2.27 bits per heavy atom. The molecule has 5 heteroatoms. The zero-order valence-electron chi connectivity index (χ0n) is 18.0. The highest BCUT2D eigenvalue weighted by Gasteiger charge is 2.87. The lowest BCUT2D eigenvalue weighted by molar-refractivity contribution is -0.430. The van der Waals surface area contributed by atoms with Crippen molar-refractivity contribution in [2.75, 3.05) is 32.7 Å². The Balaban J connectivity index is 0.939. The Bertz CT molecular complexity index is 845. The zero-order chi connectivity index (χ0) is 20.5. The lowest BCUT2D eigenvalue weighted by atomic mass is 9.13. The molecule has 5 nitrogen and oxygen atoms in total. The van der Waals surface area contributed by atoms with Crippen LogP contribution >= 0.6 is 0 Å². The Hall–Kier alpha value is -1.88. The molecule has 30 heavy (non-hydrogen) atoms. The van der Waals surface area contributed by atoms with E-state index in [0.717, 1.165) is 50.5 Å². The topological polar surface area (TPSA) is 52.6 Å². The molecule has 0 bridgehead atoms. The quantitative estimate of drug-likeness (QED) is 0.789. The minimum absolute atomic E-state index is 0.0668. The van der Waals surface area contributed by atoms with E-state index in [1.807, 2.05) is 4.90 Å². The number of carbonyl (C=O) groups is 2. The Labute approximate surface area is 179 Å². The van der Waals surface area contributed by atoms with Gasteiger partial charge in [0.25, 0.3) is 0 Å². The summed E-state index contributed by atoms with van der Waals surface area (Å²) in [5, 5.41) is 2.96. The molecule has 5 fully saturated rings. The van der Waals surface area contributed by atoms with Gasteiger partial charge in [0.2, 0.25) is 11.8 Å². The summed E-state index contributed by atoms with van der Waals surface area (Å²) in [6, 6.07) is 8.68. The molecule has 6 rings (SSSR count). The van der Waals surface area contributed by atoms with Gasteiger partial charge in [-0.05, 0) is 66.8 Å². The van der Waals surface area contributed by atoms with Crippen molar-refractivity contribution in [2.45, 2.75) is 45.6 Å². The number of rotatable bonds is 6. The molecule has 0 radical (unpaired) electrons. The molecule has 1 heterocycles. The highest BCUT2D eigenvalue weighted by atomic mass is 16.2. The lowest BCUT2D eigenvalue weighted by Crippen LogP contribution is -2.85. The molecule has 1 aliphatic heterocycles. The predicted molar refractivity (Wildman–Crippen MR) is 114 cm³/mol. The van der Waals surface area contributed by atoms with Crippen LogP contribution in [0.15, 0.2) is 24.3 Å². The van der Waals surface area contributed by atoms with Crippen molar-refractivity contribution < 1.29 is 9.59 Å². The number of nitrogens with one attached hydrogen (secondary N) is 1. The van der Waals surface area contributed by atoms with E-state index in [2.05, 4.69) is 41.4 Å². The molecule has 1 aromatic carbocycles. The minimum atomic E-state index is 0.0668. The molecule has 4 aliphatic carbocycles. The number of hydrogen-bond donors (Lipinski definition) is 1. The van der Waals surface area contributed by atoms with E-state index in [0.29, 0.717) is 17.3 Å². The van der Waals surface area contributed by atoms with Crippen LogP contribution in [0.1, 0.15) is 43.2 Å². The molecule has 1 saturated heterocycles. The van der Waals surface area contributed by atoms with Crippen LogP contribution < -0.4 is 5.32 Å². The maximum Gasteiger partial charge on any atom is 0.242 e. The van der Waals surface area contributed by atoms with Crippen molar-refractivity contribution in [3.8, 4) is 0 Å². The lowest BCUT2D eigenvalue weighted by Gasteiger charge is -2.91. The van der Waals surface area contributed by atoms with Crippen molar-refractivity contribution in [2.24, 2.45) is 28.6 Å². The number of piperazine rings is 1. The van der Waals surface area contributed by atoms with Gasteiger partial charge in [0.15, 0.2) is 0 Å². The Morgan fingerprint density at radius 2 is 1.67 bits per heavy atom. The summed E-state index contributed by atoms with van der Waals surface area (Å²) in [6.45, 7) is 6.49. The fourth-order valence-electron chi connectivity index (χ4n) is 8.22. The van der Waals surface area contributed by atoms with E-state index in [4.69, 9.17) is 0 Å². The predicted octanol–water partition coefficient (Wildman–Crippen LogP) is 2.58. The first-order valence-electron chi connectivity index (χ1n) is 11.8. The van der Waals surface area contributed by atoms with Gasteiger partial charge in [-0.3, -0.25) is 14.5 Å². The third kappa shape index (κ3) is 2.50. The monoisotopic (exact) mass is 407 g/mol. The number of nitrogens with zero attached hydrogens (tertiary/aromatic N) is 2. The fourth-order valence-corrected chi connectivity index (χ4v) is 8.22. The molecule has 160 valence electrons. The summed E-state index contributed by atoms with van der Waals surface area (Å²) >= 11 is 0. The molecular formula is C25H33N3O2. The highest BCUT2D eigenvalue weighted by Crippen LogP contribution is 2.93. The molecule has 2 unspecified atom stereocenters. The summed E-state index contributed by atoms with van der Waals surface area (Å²) in [4.78, 5) is 29.5.